The van der Waals surface area contributed by atoms with Crippen LogP contribution < -0.4 is 5.32 Å². The molecule has 1 aromatic carbocycles. The van der Waals surface area contributed by atoms with E-state index in [4.69, 9.17) is 0 Å². The van der Waals surface area contributed by atoms with Crippen LogP contribution in [0.25, 0.3) is 0 Å². The first kappa shape index (κ1) is 18.0. The van der Waals surface area contributed by atoms with Gasteiger partial charge in [-0.25, -0.2) is 0 Å². The number of aliphatic hydroxyl groups is 1. The number of benzene rings is 1. The van der Waals surface area contributed by atoms with Gasteiger partial charge >= 0.3 is 0 Å². The molecule has 2 unspecified atom stereocenters. The molecule has 128 valence electrons. The topological polar surface area (TPSA) is 52.6 Å². The van der Waals surface area contributed by atoms with E-state index in [1.54, 1.807) is 0 Å². The first-order chi connectivity index (χ1) is 11.1. The predicted molar refractivity (Wildman–Crippen MR) is 93.1 cm³/mol. The summed E-state index contributed by atoms with van der Waals surface area (Å²) in [6.07, 6.45) is 3.66. The average Bonchev–Trinajstić information content (AvgIpc) is 2.56. The van der Waals surface area contributed by atoms with Crippen LogP contribution in [0, 0.1) is 5.92 Å². The predicted octanol–water partition coefficient (Wildman–Crippen LogP) is 2.74. The number of hydrogen-bond donors (Lipinski definition) is 2. The van der Waals surface area contributed by atoms with E-state index < -0.39 is 6.10 Å². The summed E-state index contributed by atoms with van der Waals surface area (Å²) < 4.78 is 0. The number of carbonyl (C=O) groups excluding carboxylic acids is 1. The largest absolute Gasteiger partial charge is 0.388 e. The lowest BCUT2D eigenvalue weighted by Gasteiger charge is -2.35. The van der Waals surface area contributed by atoms with Gasteiger partial charge in [0.15, 0.2) is 0 Å². The molecule has 1 saturated heterocycles. The third kappa shape index (κ3) is 5.33. The zero-order valence-electron chi connectivity index (χ0n) is 14.4. The molecule has 1 aromatic rings. The standard InChI is InChI=1S/C19H30N2O2/c1-15(2)18(21-13-7-4-8-14-21)19(23)20-12-11-17(22)16-9-5-3-6-10-16/h3,5-6,9-10,15,17-18,22H,4,7-8,11-14H2,1-2H3,(H,20,23). The Morgan fingerprint density at radius 1 is 1.17 bits per heavy atom. The quantitative estimate of drug-likeness (QED) is 0.813. The van der Waals surface area contributed by atoms with Crippen LogP contribution in [0.5, 0.6) is 0 Å². The number of aliphatic hydroxyl groups excluding tert-OH is 1. The van der Waals surface area contributed by atoms with E-state index in [9.17, 15) is 9.90 Å². The molecule has 1 aliphatic heterocycles. The van der Waals surface area contributed by atoms with Crippen LogP contribution in [-0.2, 0) is 4.79 Å². The third-order valence-corrected chi connectivity index (χ3v) is 4.59. The van der Waals surface area contributed by atoms with E-state index >= 15 is 0 Å². The van der Waals surface area contributed by atoms with Crippen molar-refractivity contribution >= 4 is 5.91 Å². The summed E-state index contributed by atoms with van der Waals surface area (Å²) in [5, 5.41) is 13.2. The fourth-order valence-electron chi connectivity index (χ4n) is 3.37. The molecule has 0 aromatic heterocycles. The van der Waals surface area contributed by atoms with Gasteiger partial charge in [-0.1, -0.05) is 50.6 Å². The van der Waals surface area contributed by atoms with Gasteiger partial charge < -0.3 is 10.4 Å². The highest BCUT2D eigenvalue weighted by molar-refractivity contribution is 5.82. The molecule has 1 fully saturated rings. The van der Waals surface area contributed by atoms with Crippen molar-refractivity contribution in [3.05, 3.63) is 35.9 Å². The summed E-state index contributed by atoms with van der Waals surface area (Å²) in [5.74, 6) is 0.398. The molecular weight excluding hydrogens is 288 g/mol. The fourth-order valence-corrected chi connectivity index (χ4v) is 3.37. The Morgan fingerprint density at radius 3 is 2.43 bits per heavy atom. The maximum absolute atomic E-state index is 12.6. The van der Waals surface area contributed by atoms with Crippen molar-refractivity contribution in [1.29, 1.82) is 0 Å². The van der Waals surface area contributed by atoms with Crippen molar-refractivity contribution in [1.82, 2.24) is 10.2 Å². The Bertz CT molecular complexity index is 470. The fraction of sp³-hybridized carbons (Fsp3) is 0.632. The molecule has 23 heavy (non-hydrogen) atoms. The Morgan fingerprint density at radius 2 is 1.83 bits per heavy atom. The van der Waals surface area contributed by atoms with Gasteiger partial charge in [-0.15, -0.1) is 0 Å². The number of hydrogen-bond acceptors (Lipinski definition) is 3. The van der Waals surface area contributed by atoms with Crippen LogP contribution in [-0.4, -0.2) is 41.6 Å². The summed E-state index contributed by atoms with van der Waals surface area (Å²) in [5.41, 5.74) is 0.901. The summed E-state index contributed by atoms with van der Waals surface area (Å²) in [7, 11) is 0. The molecule has 0 saturated carbocycles. The zero-order chi connectivity index (χ0) is 16.7. The second kappa shape index (κ2) is 9.04. The molecular formula is C19H30N2O2. The van der Waals surface area contributed by atoms with E-state index in [2.05, 4.69) is 24.1 Å². The van der Waals surface area contributed by atoms with Crippen LogP contribution in [0.4, 0.5) is 0 Å². The van der Waals surface area contributed by atoms with Crippen molar-refractivity contribution in [2.45, 2.75) is 51.7 Å². The number of piperidine rings is 1. The van der Waals surface area contributed by atoms with Crippen LogP contribution in [0.15, 0.2) is 30.3 Å². The van der Waals surface area contributed by atoms with Gasteiger partial charge in [0.2, 0.25) is 5.91 Å². The van der Waals surface area contributed by atoms with Crippen molar-refractivity contribution in [3.8, 4) is 0 Å². The molecule has 4 heteroatoms. The van der Waals surface area contributed by atoms with Gasteiger partial charge in [-0.2, -0.15) is 0 Å². The summed E-state index contributed by atoms with van der Waals surface area (Å²) in [6.45, 7) is 6.76. The minimum absolute atomic E-state index is 0.0517. The first-order valence-corrected chi connectivity index (χ1v) is 8.84. The lowest BCUT2D eigenvalue weighted by molar-refractivity contribution is -0.128. The second-order valence-electron chi connectivity index (χ2n) is 6.79. The Kier molecular flexibility index (Phi) is 7.06. The Balaban J connectivity index is 1.82. The molecule has 0 spiro atoms. The van der Waals surface area contributed by atoms with Gasteiger partial charge in [-0.05, 0) is 43.8 Å². The Hall–Kier alpha value is -1.39. The summed E-state index contributed by atoms with van der Waals surface area (Å²) in [4.78, 5) is 14.9. The molecule has 0 aliphatic carbocycles. The van der Waals surface area contributed by atoms with Gasteiger partial charge in [0.25, 0.3) is 0 Å². The Labute approximate surface area is 139 Å². The van der Waals surface area contributed by atoms with E-state index in [-0.39, 0.29) is 11.9 Å². The maximum Gasteiger partial charge on any atom is 0.237 e. The molecule has 2 N–H and O–H groups in total. The van der Waals surface area contributed by atoms with Crippen LogP contribution in [0.1, 0.15) is 51.2 Å². The number of carbonyl (C=O) groups is 1. The van der Waals surface area contributed by atoms with Crippen LogP contribution in [0.2, 0.25) is 0 Å². The number of amides is 1. The lowest BCUT2D eigenvalue weighted by Crippen LogP contribution is -2.51. The number of likely N-dealkylation sites (tertiary alicyclic amines) is 1. The first-order valence-electron chi connectivity index (χ1n) is 8.84. The monoisotopic (exact) mass is 318 g/mol. The van der Waals surface area contributed by atoms with Crippen LogP contribution >= 0.6 is 0 Å². The smallest absolute Gasteiger partial charge is 0.237 e. The van der Waals surface area contributed by atoms with Crippen molar-refractivity contribution in [3.63, 3.8) is 0 Å². The maximum atomic E-state index is 12.6. The van der Waals surface area contributed by atoms with E-state index in [0.29, 0.717) is 18.9 Å². The number of rotatable bonds is 7. The van der Waals surface area contributed by atoms with Crippen LogP contribution in [0.3, 0.4) is 0 Å². The minimum atomic E-state index is -0.524. The molecule has 2 atom stereocenters. The highest BCUT2D eigenvalue weighted by Gasteiger charge is 2.29. The van der Waals surface area contributed by atoms with Gasteiger partial charge in [0, 0.05) is 6.54 Å². The van der Waals surface area contributed by atoms with Gasteiger partial charge in [0.05, 0.1) is 12.1 Å². The highest BCUT2D eigenvalue weighted by Crippen LogP contribution is 2.18. The summed E-state index contributed by atoms with van der Waals surface area (Å²) in [6, 6.07) is 9.55. The molecule has 1 aliphatic rings. The average molecular weight is 318 g/mol. The third-order valence-electron chi connectivity index (χ3n) is 4.59. The molecule has 0 bridgehead atoms. The van der Waals surface area contributed by atoms with E-state index in [0.717, 1.165) is 18.7 Å². The van der Waals surface area contributed by atoms with E-state index in [1.807, 2.05) is 30.3 Å². The normalized spacial score (nSPS) is 18.6. The zero-order valence-corrected chi connectivity index (χ0v) is 14.4. The lowest BCUT2D eigenvalue weighted by atomic mass is 9.98. The minimum Gasteiger partial charge on any atom is -0.388 e. The molecule has 1 amide bonds. The van der Waals surface area contributed by atoms with E-state index in [1.165, 1.54) is 19.3 Å². The van der Waals surface area contributed by atoms with Gasteiger partial charge in [0.1, 0.15) is 0 Å². The SMILES string of the molecule is CC(C)C(C(=O)NCCC(O)c1ccccc1)N1CCCCC1. The van der Waals surface area contributed by atoms with Gasteiger partial charge in [-0.3, -0.25) is 9.69 Å². The van der Waals surface area contributed by atoms with Crippen molar-refractivity contribution in [2.24, 2.45) is 5.92 Å². The van der Waals surface area contributed by atoms with Crippen molar-refractivity contribution < 1.29 is 9.90 Å². The molecule has 4 nitrogen and oxygen atoms in total. The second-order valence-corrected chi connectivity index (χ2v) is 6.79. The summed E-state index contributed by atoms with van der Waals surface area (Å²) >= 11 is 0. The number of nitrogens with one attached hydrogen (secondary N) is 1. The highest BCUT2D eigenvalue weighted by atomic mass is 16.3. The molecule has 2 rings (SSSR count). The number of nitrogens with zero attached hydrogens (tertiary/aromatic N) is 1. The molecule has 0 radical (unpaired) electrons. The molecule has 1 heterocycles. The van der Waals surface area contributed by atoms with Crippen molar-refractivity contribution in [2.75, 3.05) is 19.6 Å².